The second-order valence-corrected chi connectivity index (χ2v) is 5.22. The Labute approximate surface area is 125 Å². The molecule has 0 aliphatic carbocycles. The van der Waals surface area contributed by atoms with Crippen LogP contribution in [0.2, 0.25) is 0 Å². The summed E-state index contributed by atoms with van der Waals surface area (Å²) in [5.74, 6) is 0. The molecule has 0 atom stereocenters. The van der Waals surface area contributed by atoms with Gasteiger partial charge in [0.1, 0.15) is 14.1 Å². The van der Waals surface area contributed by atoms with Crippen LogP contribution in [0.5, 0.6) is 0 Å². The highest BCUT2D eigenvalue weighted by Gasteiger charge is 2.18. The largest absolute Gasteiger partial charge is 1.00 e. The number of rotatable bonds is 2. The molecule has 1 aromatic carbocycles. The molecule has 1 aromatic heterocycles. The van der Waals surface area contributed by atoms with E-state index in [1.165, 1.54) is 5.57 Å². The SMILES string of the molecule is CC(C)=Cc1[nH]c2ccccc2c1C(Cl)=[N+](C)C.[Cl-]. The number of aromatic nitrogens is 1. The number of H-pyrrole nitrogens is 1. The van der Waals surface area contributed by atoms with Crippen LogP contribution in [0.25, 0.3) is 17.0 Å². The van der Waals surface area contributed by atoms with Crippen LogP contribution in [0.3, 0.4) is 0 Å². The first-order valence-corrected chi connectivity index (χ1v) is 6.34. The third-order valence-corrected chi connectivity index (χ3v) is 3.29. The highest BCUT2D eigenvalue weighted by molar-refractivity contribution is 6.69. The quantitative estimate of drug-likeness (QED) is 0.626. The van der Waals surface area contributed by atoms with Crippen molar-refractivity contribution >= 4 is 33.8 Å². The Hall–Kier alpha value is -1.25. The fourth-order valence-corrected chi connectivity index (χ4v) is 2.21. The number of para-hydroxylation sites is 1. The molecule has 4 heteroatoms. The van der Waals surface area contributed by atoms with Gasteiger partial charge in [-0.3, -0.25) is 0 Å². The van der Waals surface area contributed by atoms with Crippen LogP contribution in [0.15, 0.2) is 29.8 Å². The van der Waals surface area contributed by atoms with Crippen LogP contribution in [0, 0.1) is 0 Å². The fraction of sp³-hybridized carbons (Fsp3) is 0.267. The Kier molecular flexibility index (Phi) is 5.21. The first-order valence-electron chi connectivity index (χ1n) is 5.96. The molecule has 1 N–H and O–H groups in total. The van der Waals surface area contributed by atoms with Crippen LogP contribution >= 0.6 is 11.6 Å². The molecule has 0 aliphatic rings. The molecule has 0 bridgehead atoms. The van der Waals surface area contributed by atoms with E-state index in [1.807, 2.05) is 30.8 Å². The molecule has 102 valence electrons. The predicted octanol–water partition coefficient (Wildman–Crippen LogP) is 0.853. The summed E-state index contributed by atoms with van der Waals surface area (Å²) in [4.78, 5) is 3.42. The van der Waals surface area contributed by atoms with E-state index in [0.29, 0.717) is 0 Å². The number of halogens is 2. The Morgan fingerprint density at radius 3 is 2.42 bits per heavy atom. The van der Waals surface area contributed by atoms with Crippen molar-refractivity contribution in [2.75, 3.05) is 14.1 Å². The maximum absolute atomic E-state index is 6.44. The second kappa shape index (κ2) is 6.27. The van der Waals surface area contributed by atoms with Gasteiger partial charge in [0, 0.05) is 10.9 Å². The standard InChI is InChI=1S/C15H17ClN2.ClH/c1-10(2)9-13-14(15(16)18(3)4)11-7-5-6-8-12(11)17-13;/h5-9H,1-4H3;1H. The topological polar surface area (TPSA) is 18.8 Å². The van der Waals surface area contributed by atoms with Crippen molar-refractivity contribution in [1.82, 2.24) is 4.98 Å². The summed E-state index contributed by atoms with van der Waals surface area (Å²) < 4.78 is 1.93. The Morgan fingerprint density at radius 1 is 1.21 bits per heavy atom. The molecule has 1 heterocycles. The van der Waals surface area contributed by atoms with Crippen LogP contribution in [-0.2, 0) is 0 Å². The zero-order chi connectivity index (χ0) is 13.3. The van der Waals surface area contributed by atoms with E-state index in [0.717, 1.165) is 27.3 Å². The van der Waals surface area contributed by atoms with Gasteiger partial charge in [-0.05, 0) is 37.6 Å². The average molecular weight is 297 g/mol. The van der Waals surface area contributed by atoms with E-state index in [9.17, 15) is 0 Å². The number of hydrogen-bond donors (Lipinski definition) is 1. The minimum Gasteiger partial charge on any atom is -1.00 e. The van der Waals surface area contributed by atoms with Gasteiger partial charge in [0.05, 0.1) is 11.3 Å². The van der Waals surface area contributed by atoms with Crippen molar-refractivity contribution in [3.05, 3.63) is 41.1 Å². The van der Waals surface area contributed by atoms with Gasteiger partial charge in [0.25, 0.3) is 5.17 Å². The molecular weight excluding hydrogens is 279 g/mol. The van der Waals surface area contributed by atoms with Gasteiger partial charge in [-0.25, -0.2) is 4.58 Å². The number of allylic oxidation sites excluding steroid dienone is 1. The summed E-state index contributed by atoms with van der Waals surface area (Å²) in [5.41, 5.74) is 4.49. The minimum atomic E-state index is 0. The average Bonchev–Trinajstić information content (AvgIpc) is 2.64. The van der Waals surface area contributed by atoms with Crippen molar-refractivity contribution in [3.63, 3.8) is 0 Å². The predicted molar refractivity (Wildman–Crippen MR) is 79.7 cm³/mol. The highest BCUT2D eigenvalue weighted by Crippen LogP contribution is 2.25. The summed E-state index contributed by atoms with van der Waals surface area (Å²) in [6.45, 7) is 4.16. The number of nitrogens with one attached hydrogen (secondary N) is 1. The van der Waals surface area contributed by atoms with Crippen molar-refractivity contribution in [2.45, 2.75) is 13.8 Å². The van der Waals surface area contributed by atoms with E-state index in [1.54, 1.807) is 0 Å². The maximum Gasteiger partial charge on any atom is 0.279 e. The van der Waals surface area contributed by atoms with E-state index < -0.39 is 0 Å². The van der Waals surface area contributed by atoms with E-state index in [2.05, 4.69) is 37.0 Å². The van der Waals surface area contributed by atoms with E-state index in [-0.39, 0.29) is 12.4 Å². The maximum atomic E-state index is 6.44. The molecule has 0 fully saturated rings. The molecule has 0 aliphatic heterocycles. The lowest BCUT2D eigenvalue weighted by molar-refractivity contribution is -0.461. The lowest BCUT2D eigenvalue weighted by Crippen LogP contribution is -3.00. The Bertz CT molecular complexity index is 643. The molecule has 19 heavy (non-hydrogen) atoms. The van der Waals surface area contributed by atoms with Gasteiger partial charge in [-0.15, -0.1) is 0 Å². The number of hydrogen-bond acceptors (Lipinski definition) is 0. The van der Waals surface area contributed by atoms with Crippen molar-refractivity contribution in [1.29, 1.82) is 0 Å². The first-order chi connectivity index (χ1) is 8.50. The van der Waals surface area contributed by atoms with Crippen LogP contribution in [0.4, 0.5) is 0 Å². The molecule has 2 nitrogen and oxygen atoms in total. The van der Waals surface area contributed by atoms with Gasteiger partial charge in [0.15, 0.2) is 0 Å². The Morgan fingerprint density at radius 2 is 1.84 bits per heavy atom. The molecule has 2 aromatic rings. The normalized spacial score (nSPS) is 9.95. The molecular formula is C15H18Cl2N2. The third-order valence-electron chi connectivity index (χ3n) is 2.77. The lowest BCUT2D eigenvalue weighted by atomic mass is 10.1. The summed E-state index contributed by atoms with van der Waals surface area (Å²) in [6, 6.07) is 8.22. The van der Waals surface area contributed by atoms with Crippen LogP contribution in [-0.4, -0.2) is 28.8 Å². The van der Waals surface area contributed by atoms with Gasteiger partial charge in [0.2, 0.25) is 0 Å². The molecule has 0 saturated heterocycles. The summed E-state index contributed by atoms with van der Waals surface area (Å²) in [6.07, 6.45) is 2.13. The molecule has 0 radical (unpaired) electrons. The third kappa shape index (κ3) is 3.20. The Balaban J connectivity index is 0.00000180. The van der Waals surface area contributed by atoms with Crippen molar-refractivity contribution in [3.8, 4) is 0 Å². The number of aromatic amines is 1. The molecule has 2 rings (SSSR count). The van der Waals surface area contributed by atoms with Crippen LogP contribution < -0.4 is 12.4 Å². The first kappa shape index (κ1) is 15.8. The minimum absolute atomic E-state index is 0. The molecule has 0 saturated carbocycles. The van der Waals surface area contributed by atoms with Gasteiger partial charge < -0.3 is 17.4 Å². The zero-order valence-electron chi connectivity index (χ0n) is 11.6. The van der Waals surface area contributed by atoms with E-state index >= 15 is 0 Å². The number of nitrogens with zero attached hydrogens (tertiary/aromatic N) is 1. The zero-order valence-corrected chi connectivity index (χ0v) is 13.1. The fourth-order valence-electron chi connectivity index (χ4n) is 2.01. The van der Waals surface area contributed by atoms with Crippen LogP contribution in [0.1, 0.15) is 25.1 Å². The van der Waals surface area contributed by atoms with Crippen molar-refractivity contribution < 1.29 is 17.0 Å². The monoisotopic (exact) mass is 296 g/mol. The second-order valence-electron chi connectivity index (χ2n) is 4.87. The van der Waals surface area contributed by atoms with E-state index in [4.69, 9.17) is 11.6 Å². The molecule has 0 amide bonds. The molecule has 0 spiro atoms. The number of benzene rings is 1. The highest BCUT2D eigenvalue weighted by atomic mass is 35.5. The van der Waals surface area contributed by atoms with Crippen molar-refractivity contribution in [2.24, 2.45) is 0 Å². The van der Waals surface area contributed by atoms with Gasteiger partial charge in [-0.1, -0.05) is 23.8 Å². The van der Waals surface area contributed by atoms with Gasteiger partial charge in [-0.2, -0.15) is 0 Å². The summed E-state index contributed by atoms with van der Waals surface area (Å²) in [5, 5.41) is 1.91. The summed E-state index contributed by atoms with van der Waals surface area (Å²) in [7, 11) is 3.91. The lowest BCUT2D eigenvalue weighted by Gasteiger charge is -1.98. The molecule has 0 unspecified atom stereocenters. The smallest absolute Gasteiger partial charge is 0.279 e. The number of fused-ring (bicyclic) bond motifs is 1. The summed E-state index contributed by atoms with van der Waals surface area (Å²) >= 11 is 6.44. The van der Waals surface area contributed by atoms with Gasteiger partial charge >= 0.3 is 0 Å².